The van der Waals surface area contributed by atoms with Gasteiger partial charge >= 0.3 is 0 Å². The van der Waals surface area contributed by atoms with Crippen molar-refractivity contribution in [3.63, 3.8) is 0 Å². The van der Waals surface area contributed by atoms with Gasteiger partial charge < -0.3 is 15.1 Å². The molecule has 2 N–H and O–H groups in total. The molecule has 6 aliphatic rings. The molecule has 4 saturated carbocycles. The molecule has 0 aromatic heterocycles. The van der Waals surface area contributed by atoms with Gasteiger partial charge in [-0.3, -0.25) is 4.79 Å². The first-order valence-electron chi connectivity index (χ1n) is 18.8. The first-order chi connectivity index (χ1) is 21.8. The number of allylic oxidation sites excluding steroid dienone is 3. The van der Waals surface area contributed by atoms with E-state index in [0.29, 0.717) is 35.5 Å². The number of nitrogens with zero attached hydrogens (tertiary/aromatic N) is 1. The van der Waals surface area contributed by atoms with Crippen LogP contribution >= 0.6 is 0 Å². The first kappa shape index (κ1) is 32.6. The van der Waals surface area contributed by atoms with E-state index < -0.39 is 0 Å². The molecule has 0 bridgehead atoms. The summed E-state index contributed by atoms with van der Waals surface area (Å²) >= 11 is 0. The van der Waals surface area contributed by atoms with Gasteiger partial charge in [0, 0.05) is 6.54 Å². The summed E-state index contributed by atoms with van der Waals surface area (Å²) in [4.78, 5) is 16.9. The molecule has 7 rings (SSSR count). The van der Waals surface area contributed by atoms with Gasteiger partial charge in [0.25, 0.3) is 0 Å². The van der Waals surface area contributed by atoms with Crippen LogP contribution in [0.3, 0.4) is 0 Å². The minimum Gasteiger partial charge on any atom is -0.394 e. The highest BCUT2D eigenvalue weighted by Crippen LogP contribution is 2.78. The Morgan fingerprint density at radius 1 is 0.891 bits per heavy atom. The molecule has 1 amide bonds. The van der Waals surface area contributed by atoms with Crippen LogP contribution in [0.25, 0.3) is 5.57 Å². The molecule has 1 saturated heterocycles. The van der Waals surface area contributed by atoms with Crippen LogP contribution in [0.5, 0.6) is 0 Å². The SMILES string of the molecule is C=C(C)C1CCC2(C(=O)N3CCCC3CO)CCC3(C)C(CCC4C5(C)CC=C(c6ccc(CO)cc6)C(C)(C)C5CCC43C)C12. The number of rotatable bonds is 5. The number of aliphatic hydroxyl groups excluding tert-OH is 2. The van der Waals surface area contributed by atoms with E-state index in [1.165, 1.54) is 42.4 Å². The van der Waals surface area contributed by atoms with Gasteiger partial charge in [-0.25, -0.2) is 0 Å². The highest BCUT2D eigenvalue weighted by Gasteiger charge is 2.72. The molecule has 10 atom stereocenters. The number of benzene rings is 1. The quantitative estimate of drug-likeness (QED) is 0.321. The van der Waals surface area contributed by atoms with E-state index in [0.717, 1.165) is 57.1 Å². The molecule has 1 aromatic carbocycles. The van der Waals surface area contributed by atoms with Crippen molar-refractivity contribution in [3.05, 3.63) is 53.6 Å². The fraction of sp³-hybridized carbons (Fsp3) is 0.738. The number of carbonyl (C=O) groups is 1. The molecule has 252 valence electrons. The maximum absolute atomic E-state index is 14.7. The summed E-state index contributed by atoms with van der Waals surface area (Å²) in [6.45, 7) is 20.8. The van der Waals surface area contributed by atoms with Gasteiger partial charge in [0.05, 0.1) is 24.7 Å². The fourth-order valence-corrected chi connectivity index (χ4v) is 14.0. The summed E-state index contributed by atoms with van der Waals surface area (Å²) in [5.41, 5.74) is 5.54. The van der Waals surface area contributed by atoms with Gasteiger partial charge in [-0.1, -0.05) is 77.1 Å². The van der Waals surface area contributed by atoms with E-state index in [-0.39, 0.29) is 46.3 Å². The third kappa shape index (κ3) is 4.26. The third-order valence-corrected chi connectivity index (χ3v) is 16.4. The van der Waals surface area contributed by atoms with E-state index >= 15 is 0 Å². The molecule has 4 nitrogen and oxygen atoms in total. The maximum atomic E-state index is 14.7. The Labute approximate surface area is 279 Å². The number of carbonyl (C=O) groups excluding carboxylic acids is 1. The smallest absolute Gasteiger partial charge is 0.229 e. The van der Waals surface area contributed by atoms with Crippen LogP contribution in [0.15, 0.2) is 42.5 Å². The molecule has 4 heteroatoms. The second kappa shape index (κ2) is 11.1. The Hall–Kier alpha value is -1.91. The van der Waals surface area contributed by atoms with Crippen LogP contribution in [0.1, 0.15) is 123 Å². The molecule has 1 heterocycles. The zero-order valence-corrected chi connectivity index (χ0v) is 29.7. The maximum Gasteiger partial charge on any atom is 0.229 e. The number of hydrogen-bond donors (Lipinski definition) is 2. The van der Waals surface area contributed by atoms with Crippen molar-refractivity contribution in [2.24, 2.45) is 56.7 Å². The molecule has 1 aliphatic heterocycles. The van der Waals surface area contributed by atoms with Crippen molar-refractivity contribution >= 4 is 11.5 Å². The lowest BCUT2D eigenvalue weighted by atomic mass is 9.32. The first-order valence-corrected chi connectivity index (χ1v) is 18.8. The highest BCUT2D eigenvalue weighted by atomic mass is 16.3. The molecule has 10 unspecified atom stereocenters. The second-order valence-corrected chi connectivity index (χ2v) is 18.2. The molecular formula is C42H61NO3. The van der Waals surface area contributed by atoms with Crippen LogP contribution in [-0.2, 0) is 11.4 Å². The van der Waals surface area contributed by atoms with Crippen molar-refractivity contribution in [1.29, 1.82) is 0 Å². The van der Waals surface area contributed by atoms with E-state index in [1.54, 1.807) is 0 Å². The topological polar surface area (TPSA) is 60.8 Å². The number of hydrogen-bond acceptors (Lipinski definition) is 3. The van der Waals surface area contributed by atoms with E-state index in [2.05, 4.69) is 83.4 Å². The van der Waals surface area contributed by atoms with Gasteiger partial charge in [0.1, 0.15) is 0 Å². The summed E-state index contributed by atoms with van der Waals surface area (Å²) in [5, 5.41) is 19.8. The average Bonchev–Trinajstić information content (AvgIpc) is 3.67. The summed E-state index contributed by atoms with van der Waals surface area (Å²) in [6.07, 6.45) is 15.0. The number of fused-ring (bicyclic) bond motifs is 7. The molecular weight excluding hydrogens is 566 g/mol. The summed E-state index contributed by atoms with van der Waals surface area (Å²) < 4.78 is 0. The standard InChI is InChI=1S/C42H61NO3/c1-27(2)31-16-21-42(37(46)43-24-8-9-30(43)26-45)23-22-40(6)33(36(31)42)14-15-35-39(5)19-17-32(29-12-10-28(25-44)11-13-29)38(3,4)34(39)18-20-41(35,40)7/h10-13,17,30-31,33-36,44-45H,1,8-9,14-16,18-26H2,2-7H3. The summed E-state index contributed by atoms with van der Waals surface area (Å²) in [7, 11) is 0. The minimum absolute atomic E-state index is 0.00316. The molecule has 46 heavy (non-hydrogen) atoms. The molecule has 5 fully saturated rings. The van der Waals surface area contributed by atoms with Crippen LogP contribution in [0.2, 0.25) is 0 Å². The predicted octanol–water partition coefficient (Wildman–Crippen LogP) is 8.81. The predicted molar refractivity (Wildman–Crippen MR) is 187 cm³/mol. The van der Waals surface area contributed by atoms with Gasteiger partial charge in [-0.05, 0) is 146 Å². The Balaban J connectivity index is 1.24. The molecule has 5 aliphatic carbocycles. The van der Waals surface area contributed by atoms with Crippen molar-refractivity contribution in [3.8, 4) is 0 Å². The van der Waals surface area contributed by atoms with Crippen molar-refractivity contribution < 1.29 is 15.0 Å². The van der Waals surface area contributed by atoms with Gasteiger partial charge in [0.2, 0.25) is 5.91 Å². The normalized spacial score (nSPS) is 44.4. The van der Waals surface area contributed by atoms with E-state index in [9.17, 15) is 15.0 Å². The Morgan fingerprint density at radius 3 is 2.30 bits per heavy atom. The highest BCUT2D eigenvalue weighted by molar-refractivity contribution is 5.84. The average molecular weight is 628 g/mol. The van der Waals surface area contributed by atoms with Gasteiger partial charge in [-0.15, -0.1) is 0 Å². The lowest BCUT2D eigenvalue weighted by Gasteiger charge is -2.72. The van der Waals surface area contributed by atoms with Gasteiger partial charge in [-0.2, -0.15) is 0 Å². The van der Waals surface area contributed by atoms with Crippen molar-refractivity contribution in [2.75, 3.05) is 13.2 Å². The van der Waals surface area contributed by atoms with Crippen LogP contribution < -0.4 is 0 Å². The third-order valence-electron chi connectivity index (χ3n) is 16.4. The largest absolute Gasteiger partial charge is 0.394 e. The zero-order chi connectivity index (χ0) is 32.9. The van der Waals surface area contributed by atoms with E-state index in [1.807, 2.05) is 0 Å². The minimum atomic E-state index is -0.286. The zero-order valence-electron chi connectivity index (χ0n) is 29.7. The fourth-order valence-electron chi connectivity index (χ4n) is 14.0. The molecule has 1 aromatic rings. The van der Waals surface area contributed by atoms with Crippen molar-refractivity contribution in [2.45, 2.75) is 125 Å². The van der Waals surface area contributed by atoms with Gasteiger partial charge in [0.15, 0.2) is 0 Å². The Morgan fingerprint density at radius 2 is 1.63 bits per heavy atom. The lowest BCUT2D eigenvalue weighted by Crippen LogP contribution is -2.66. The summed E-state index contributed by atoms with van der Waals surface area (Å²) in [6, 6.07) is 8.62. The monoisotopic (exact) mass is 627 g/mol. The number of aliphatic hydroxyl groups is 2. The summed E-state index contributed by atoms with van der Waals surface area (Å²) in [5.74, 6) is 3.00. The van der Waals surface area contributed by atoms with Crippen LogP contribution in [-0.4, -0.2) is 40.2 Å². The van der Waals surface area contributed by atoms with Crippen LogP contribution in [0, 0.1) is 56.7 Å². The molecule has 0 spiro atoms. The number of likely N-dealkylation sites (tertiary alicyclic amines) is 1. The van der Waals surface area contributed by atoms with E-state index in [4.69, 9.17) is 0 Å². The second-order valence-electron chi connectivity index (χ2n) is 18.2. The lowest BCUT2D eigenvalue weighted by molar-refractivity contribution is -0.226. The number of amides is 1. The van der Waals surface area contributed by atoms with Crippen LogP contribution in [0.4, 0.5) is 0 Å². The van der Waals surface area contributed by atoms with Crippen molar-refractivity contribution in [1.82, 2.24) is 4.90 Å². The Bertz CT molecular complexity index is 1410. The molecule has 0 radical (unpaired) electrons. The Kier molecular flexibility index (Phi) is 7.84.